The van der Waals surface area contributed by atoms with Crippen LogP contribution in [0, 0.1) is 0 Å². The van der Waals surface area contributed by atoms with Crippen LogP contribution < -0.4 is 10.1 Å². The highest BCUT2D eigenvalue weighted by atomic mass is 16.5. The molecule has 0 aliphatic carbocycles. The van der Waals surface area contributed by atoms with Crippen LogP contribution in [0.1, 0.15) is 24.9 Å². The average molecular weight is 299 g/mol. The molecule has 2 N–H and O–H groups in total. The number of para-hydroxylation sites is 1. The molecule has 0 aliphatic heterocycles. The number of nitrogens with one attached hydrogen (secondary N) is 1. The Bertz CT molecular complexity index is 571. The maximum Gasteiger partial charge on any atom is 0.261 e. The van der Waals surface area contributed by atoms with Crippen molar-refractivity contribution in [3.8, 4) is 5.75 Å². The molecule has 22 heavy (non-hydrogen) atoms. The van der Waals surface area contributed by atoms with Gasteiger partial charge in [-0.25, -0.2) is 0 Å². The molecule has 0 fully saturated rings. The van der Waals surface area contributed by atoms with Gasteiger partial charge in [0.2, 0.25) is 0 Å². The minimum absolute atomic E-state index is 0.00770. The van der Waals surface area contributed by atoms with Gasteiger partial charge in [0.1, 0.15) is 5.75 Å². The molecule has 2 atom stereocenters. The standard InChI is InChI=1S/C18H21NO3/c1-14(22-16-10-6-3-7-11-16)18(21)19-17(12-13-20)15-8-4-2-5-9-15/h2-11,14,17,20H,12-13H2,1H3,(H,19,21). The van der Waals surface area contributed by atoms with Crippen molar-refractivity contribution in [3.05, 3.63) is 66.2 Å². The highest BCUT2D eigenvalue weighted by Gasteiger charge is 2.19. The number of carbonyl (C=O) groups excluding carboxylic acids is 1. The van der Waals surface area contributed by atoms with Crippen LogP contribution in [-0.4, -0.2) is 23.7 Å². The number of hydrogen-bond donors (Lipinski definition) is 2. The van der Waals surface area contributed by atoms with Gasteiger partial charge >= 0.3 is 0 Å². The molecule has 0 spiro atoms. The van der Waals surface area contributed by atoms with E-state index in [1.54, 1.807) is 6.92 Å². The fourth-order valence-corrected chi connectivity index (χ4v) is 2.18. The third-order valence-electron chi connectivity index (χ3n) is 3.36. The zero-order valence-corrected chi connectivity index (χ0v) is 12.6. The Morgan fingerprint density at radius 1 is 1.09 bits per heavy atom. The predicted molar refractivity (Wildman–Crippen MR) is 85.6 cm³/mol. The van der Waals surface area contributed by atoms with Gasteiger partial charge in [-0.2, -0.15) is 0 Å². The second kappa shape index (κ2) is 8.20. The summed E-state index contributed by atoms with van der Waals surface area (Å²) in [5.74, 6) is 0.453. The lowest BCUT2D eigenvalue weighted by atomic mass is 10.0. The van der Waals surface area contributed by atoms with E-state index in [1.807, 2.05) is 60.7 Å². The van der Waals surface area contributed by atoms with E-state index in [4.69, 9.17) is 4.74 Å². The molecule has 0 saturated heterocycles. The number of carbonyl (C=O) groups is 1. The summed E-state index contributed by atoms with van der Waals surface area (Å²) in [6, 6.07) is 18.6. The molecule has 1 amide bonds. The fraction of sp³-hybridized carbons (Fsp3) is 0.278. The van der Waals surface area contributed by atoms with E-state index in [-0.39, 0.29) is 18.6 Å². The van der Waals surface area contributed by atoms with E-state index >= 15 is 0 Å². The zero-order valence-electron chi connectivity index (χ0n) is 12.6. The van der Waals surface area contributed by atoms with Gasteiger partial charge in [0.25, 0.3) is 5.91 Å². The first-order valence-corrected chi connectivity index (χ1v) is 7.38. The largest absolute Gasteiger partial charge is 0.481 e. The van der Waals surface area contributed by atoms with Crippen LogP contribution in [-0.2, 0) is 4.79 Å². The number of hydrogen-bond acceptors (Lipinski definition) is 3. The molecule has 0 aromatic heterocycles. The average Bonchev–Trinajstić information content (AvgIpc) is 2.56. The topological polar surface area (TPSA) is 58.6 Å². The van der Waals surface area contributed by atoms with Crippen molar-refractivity contribution in [2.45, 2.75) is 25.5 Å². The lowest BCUT2D eigenvalue weighted by molar-refractivity contribution is -0.128. The van der Waals surface area contributed by atoms with Crippen molar-refractivity contribution in [1.29, 1.82) is 0 Å². The van der Waals surface area contributed by atoms with Gasteiger partial charge in [-0.15, -0.1) is 0 Å². The van der Waals surface area contributed by atoms with E-state index in [1.165, 1.54) is 0 Å². The number of benzene rings is 2. The minimum atomic E-state index is -0.604. The second-order valence-electron chi connectivity index (χ2n) is 5.06. The van der Waals surface area contributed by atoms with E-state index in [0.717, 1.165) is 5.56 Å². The summed E-state index contributed by atoms with van der Waals surface area (Å²) in [5.41, 5.74) is 0.969. The monoisotopic (exact) mass is 299 g/mol. The van der Waals surface area contributed by atoms with Crippen LogP contribution in [0.3, 0.4) is 0 Å². The molecule has 0 heterocycles. The Labute approximate surface area is 130 Å². The van der Waals surface area contributed by atoms with E-state index in [2.05, 4.69) is 5.32 Å². The number of rotatable bonds is 7. The zero-order chi connectivity index (χ0) is 15.8. The van der Waals surface area contributed by atoms with Crippen LogP contribution in [0.5, 0.6) is 5.75 Å². The van der Waals surface area contributed by atoms with Crippen LogP contribution >= 0.6 is 0 Å². The Balaban J connectivity index is 1.98. The van der Waals surface area contributed by atoms with Crippen LogP contribution in [0.15, 0.2) is 60.7 Å². The van der Waals surface area contributed by atoms with Gasteiger partial charge in [-0.3, -0.25) is 4.79 Å². The van der Waals surface area contributed by atoms with Crippen LogP contribution in [0.4, 0.5) is 0 Å². The summed E-state index contributed by atoms with van der Waals surface area (Å²) in [6.07, 6.45) is -0.138. The Hall–Kier alpha value is -2.33. The maximum atomic E-state index is 12.3. The van der Waals surface area contributed by atoms with E-state index in [0.29, 0.717) is 12.2 Å². The normalized spacial score (nSPS) is 13.2. The number of aliphatic hydroxyl groups excluding tert-OH is 1. The molecule has 2 unspecified atom stereocenters. The molecule has 0 bridgehead atoms. The molecule has 0 radical (unpaired) electrons. The van der Waals surface area contributed by atoms with Crippen molar-refractivity contribution in [2.24, 2.45) is 0 Å². The van der Waals surface area contributed by atoms with Gasteiger partial charge in [0, 0.05) is 6.61 Å². The molecule has 0 saturated carbocycles. The molecule has 2 aromatic carbocycles. The van der Waals surface area contributed by atoms with Crippen molar-refractivity contribution < 1.29 is 14.6 Å². The molecule has 4 heteroatoms. The minimum Gasteiger partial charge on any atom is -0.481 e. The van der Waals surface area contributed by atoms with Gasteiger partial charge in [0.05, 0.1) is 6.04 Å². The molecule has 0 aliphatic rings. The number of ether oxygens (including phenoxy) is 1. The molecular formula is C18H21NO3. The van der Waals surface area contributed by atoms with Gasteiger partial charge in [0.15, 0.2) is 6.10 Å². The lowest BCUT2D eigenvalue weighted by Crippen LogP contribution is -2.39. The summed E-state index contributed by atoms with van der Waals surface area (Å²) < 4.78 is 5.62. The van der Waals surface area contributed by atoms with Gasteiger partial charge in [-0.05, 0) is 31.0 Å². The number of aliphatic hydroxyl groups is 1. The second-order valence-corrected chi connectivity index (χ2v) is 5.06. The number of amides is 1. The van der Waals surface area contributed by atoms with Gasteiger partial charge in [-0.1, -0.05) is 48.5 Å². The predicted octanol–water partition coefficient (Wildman–Crippen LogP) is 2.69. The summed E-state index contributed by atoms with van der Waals surface area (Å²) in [4.78, 5) is 12.3. The SMILES string of the molecule is CC(Oc1ccccc1)C(=O)NC(CCO)c1ccccc1. The highest BCUT2D eigenvalue weighted by Crippen LogP contribution is 2.17. The Morgan fingerprint density at radius 2 is 1.68 bits per heavy atom. The molecule has 4 nitrogen and oxygen atoms in total. The summed E-state index contributed by atoms with van der Waals surface area (Å²) in [5, 5.41) is 12.1. The fourth-order valence-electron chi connectivity index (χ4n) is 2.18. The Morgan fingerprint density at radius 3 is 2.27 bits per heavy atom. The molecule has 116 valence electrons. The summed E-state index contributed by atoms with van der Waals surface area (Å²) >= 11 is 0. The first kappa shape index (κ1) is 16.0. The van der Waals surface area contributed by atoms with E-state index < -0.39 is 6.10 Å². The van der Waals surface area contributed by atoms with Crippen LogP contribution in [0.2, 0.25) is 0 Å². The first-order valence-electron chi connectivity index (χ1n) is 7.38. The summed E-state index contributed by atoms with van der Waals surface area (Å²) in [6.45, 7) is 1.72. The highest BCUT2D eigenvalue weighted by molar-refractivity contribution is 5.81. The molecular weight excluding hydrogens is 278 g/mol. The molecule has 2 rings (SSSR count). The van der Waals surface area contributed by atoms with Gasteiger partial charge < -0.3 is 15.2 Å². The van der Waals surface area contributed by atoms with Crippen molar-refractivity contribution in [1.82, 2.24) is 5.32 Å². The van der Waals surface area contributed by atoms with Crippen molar-refractivity contribution >= 4 is 5.91 Å². The smallest absolute Gasteiger partial charge is 0.261 e. The van der Waals surface area contributed by atoms with Crippen molar-refractivity contribution in [3.63, 3.8) is 0 Å². The summed E-state index contributed by atoms with van der Waals surface area (Å²) in [7, 11) is 0. The van der Waals surface area contributed by atoms with Crippen molar-refractivity contribution in [2.75, 3.05) is 6.61 Å². The molecule has 2 aromatic rings. The van der Waals surface area contributed by atoms with E-state index in [9.17, 15) is 9.90 Å². The third-order valence-corrected chi connectivity index (χ3v) is 3.36. The Kier molecular flexibility index (Phi) is 5.98. The first-order chi connectivity index (χ1) is 10.7. The lowest BCUT2D eigenvalue weighted by Gasteiger charge is -2.21. The van der Waals surface area contributed by atoms with Crippen LogP contribution in [0.25, 0.3) is 0 Å². The maximum absolute atomic E-state index is 12.3. The third kappa shape index (κ3) is 4.60. The quantitative estimate of drug-likeness (QED) is 0.826.